The first-order valence-corrected chi connectivity index (χ1v) is 12.7. The molecule has 0 saturated heterocycles. The molecule has 0 spiro atoms. The molecule has 5 rings (SSSR count). The van der Waals surface area contributed by atoms with Gasteiger partial charge in [0.25, 0.3) is 0 Å². The molecule has 3 nitrogen and oxygen atoms in total. The van der Waals surface area contributed by atoms with Gasteiger partial charge >= 0.3 is 0 Å². The fourth-order valence-electron chi connectivity index (χ4n) is 4.59. The number of aromatic nitrogens is 1. The number of aliphatic imine (C=N–C) groups is 1. The van der Waals surface area contributed by atoms with E-state index in [0.29, 0.717) is 11.8 Å². The molecule has 1 N–H and O–H groups in total. The highest BCUT2D eigenvalue weighted by Crippen LogP contribution is 2.36. The standard InChI is InChI=1S/C33H32N2O/c1-21(2)25-16-26(22(3)4)18-27(17-25)28-19-31(35-32(20-28)29-11-5-6-13-33(29)36)24-10-7-9-23(15-24)30-12-8-14-34-30/h5-11,13-22,36H,12H2,1-4H3. The highest BCUT2D eigenvalue weighted by atomic mass is 16.3. The summed E-state index contributed by atoms with van der Waals surface area (Å²) in [6, 6.07) is 27.0. The van der Waals surface area contributed by atoms with Crippen LogP contribution in [-0.4, -0.2) is 15.8 Å². The minimum atomic E-state index is 0.229. The summed E-state index contributed by atoms with van der Waals surface area (Å²) in [4.78, 5) is 9.55. The fraction of sp³-hybridized carbons (Fsp3) is 0.212. The third-order valence-electron chi connectivity index (χ3n) is 6.79. The van der Waals surface area contributed by atoms with E-state index in [4.69, 9.17) is 4.98 Å². The second-order valence-electron chi connectivity index (χ2n) is 10.1. The molecule has 0 aliphatic carbocycles. The maximum absolute atomic E-state index is 10.6. The Balaban J connectivity index is 1.71. The number of allylic oxidation sites excluding steroid dienone is 1. The zero-order chi connectivity index (χ0) is 25.2. The molecule has 0 unspecified atom stereocenters. The molecule has 1 aliphatic heterocycles. The van der Waals surface area contributed by atoms with Gasteiger partial charge in [0.2, 0.25) is 0 Å². The second kappa shape index (κ2) is 9.94. The third-order valence-corrected chi connectivity index (χ3v) is 6.79. The molecular weight excluding hydrogens is 440 g/mol. The SMILES string of the molecule is CC(C)c1cc(-c2cc(-c3cccc(C4=NC=CC4)c3)nc(-c3ccccc3O)c2)cc(C(C)C)c1. The van der Waals surface area contributed by atoms with Crippen LogP contribution in [0.4, 0.5) is 0 Å². The molecular formula is C33H32N2O. The van der Waals surface area contributed by atoms with Crippen LogP contribution in [0.25, 0.3) is 33.6 Å². The lowest BCUT2D eigenvalue weighted by Crippen LogP contribution is -1.98. The van der Waals surface area contributed by atoms with E-state index in [1.54, 1.807) is 6.07 Å². The van der Waals surface area contributed by atoms with E-state index in [2.05, 4.69) is 93.4 Å². The normalized spacial score (nSPS) is 13.0. The first kappa shape index (κ1) is 23.7. The molecule has 1 aliphatic rings. The molecule has 2 heterocycles. The number of rotatable bonds is 6. The van der Waals surface area contributed by atoms with Crippen molar-refractivity contribution in [2.24, 2.45) is 4.99 Å². The van der Waals surface area contributed by atoms with E-state index in [-0.39, 0.29) is 5.75 Å². The number of nitrogens with zero attached hydrogens (tertiary/aromatic N) is 2. The summed E-state index contributed by atoms with van der Waals surface area (Å²) in [6.45, 7) is 8.95. The van der Waals surface area contributed by atoms with Crippen LogP contribution >= 0.6 is 0 Å². The Morgan fingerprint density at radius 3 is 2.00 bits per heavy atom. The molecule has 0 atom stereocenters. The van der Waals surface area contributed by atoms with Crippen molar-refractivity contribution in [3.8, 4) is 39.4 Å². The smallest absolute Gasteiger partial charge is 0.124 e. The summed E-state index contributed by atoms with van der Waals surface area (Å²) >= 11 is 0. The Bertz CT molecular complexity index is 1450. The van der Waals surface area contributed by atoms with Crippen LogP contribution in [0.2, 0.25) is 0 Å². The van der Waals surface area contributed by atoms with Crippen LogP contribution in [-0.2, 0) is 0 Å². The summed E-state index contributed by atoms with van der Waals surface area (Å²) in [5.41, 5.74) is 10.5. The number of para-hydroxylation sites is 1. The van der Waals surface area contributed by atoms with Crippen molar-refractivity contribution in [3.63, 3.8) is 0 Å². The van der Waals surface area contributed by atoms with Gasteiger partial charge in [-0.1, -0.05) is 82.3 Å². The number of hydrogen-bond acceptors (Lipinski definition) is 3. The van der Waals surface area contributed by atoms with Crippen LogP contribution in [0.5, 0.6) is 5.75 Å². The van der Waals surface area contributed by atoms with Gasteiger partial charge in [-0.3, -0.25) is 4.99 Å². The lowest BCUT2D eigenvalue weighted by atomic mass is 9.90. The number of aromatic hydroxyl groups is 1. The Kier molecular flexibility index (Phi) is 6.56. The Hall–Kier alpha value is -3.98. The van der Waals surface area contributed by atoms with Crippen molar-refractivity contribution >= 4 is 5.71 Å². The Morgan fingerprint density at radius 1 is 0.667 bits per heavy atom. The van der Waals surface area contributed by atoms with Gasteiger partial charge in [0.05, 0.1) is 17.1 Å². The van der Waals surface area contributed by atoms with Crippen LogP contribution in [0.15, 0.2) is 96.1 Å². The quantitative estimate of drug-likeness (QED) is 0.305. The summed E-state index contributed by atoms with van der Waals surface area (Å²) in [6.07, 6.45) is 4.79. The van der Waals surface area contributed by atoms with Gasteiger partial charge in [-0.15, -0.1) is 0 Å². The summed E-state index contributed by atoms with van der Waals surface area (Å²) < 4.78 is 0. The molecule has 180 valence electrons. The largest absolute Gasteiger partial charge is 0.507 e. The zero-order valence-electron chi connectivity index (χ0n) is 21.4. The lowest BCUT2D eigenvalue weighted by Gasteiger charge is -2.16. The number of phenolic OH excluding ortho intramolecular Hbond substituents is 1. The third kappa shape index (κ3) is 4.87. The summed E-state index contributed by atoms with van der Waals surface area (Å²) in [5.74, 6) is 1.09. The number of phenols is 1. The number of pyridine rings is 1. The van der Waals surface area contributed by atoms with Crippen LogP contribution in [0.3, 0.4) is 0 Å². The Labute approximate surface area is 213 Å². The molecule has 4 aromatic rings. The van der Waals surface area contributed by atoms with E-state index < -0.39 is 0 Å². The molecule has 36 heavy (non-hydrogen) atoms. The predicted molar refractivity (Wildman–Crippen MR) is 151 cm³/mol. The summed E-state index contributed by atoms with van der Waals surface area (Å²) in [7, 11) is 0. The van der Waals surface area contributed by atoms with Crippen LogP contribution < -0.4 is 0 Å². The molecule has 0 radical (unpaired) electrons. The highest BCUT2D eigenvalue weighted by molar-refractivity contribution is 6.03. The van der Waals surface area contributed by atoms with E-state index >= 15 is 0 Å². The van der Waals surface area contributed by atoms with Gasteiger partial charge in [0, 0.05) is 23.7 Å². The average molecular weight is 473 g/mol. The van der Waals surface area contributed by atoms with Gasteiger partial charge < -0.3 is 5.11 Å². The van der Waals surface area contributed by atoms with Gasteiger partial charge in [-0.25, -0.2) is 4.98 Å². The average Bonchev–Trinajstić information content (AvgIpc) is 3.44. The van der Waals surface area contributed by atoms with E-state index in [9.17, 15) is 5.11 Å². The monoisotopic (exact) mass is 472 g/mol. The molecule has 0 saturated carbocycles. The van der Waals surface area contributed by atoms with Crippen molar-refractivity contribution in [2.45, 2.75) is 46.0 Å². The zero-order valence-corrected chi connectivity index (χ0v) is 21.4. The van der Waals surface area contributed by atoms with Crippen molar-refractivity contribution in [3.05, 3.63) is 108 Å². The van der Waals surface area contributed by atoms with Crippen molar-refractivity contribution in [1.29, 1.82) is 0 Å². The van der Waals surface area contributed by atoms with Gasteiger partial charge in [0.1, 0.15) is 5.75 Å². The van der Waals surface area contributed by atoms with Gasteiger partial charge in [-0.05, 0) is 70.0 Å². The molecule has 1 aromatic heterocycles. The Morgan fingerprint density at radius 2 is 1.33 bits per heavy atom. The summed E-state index contributed by atoms with van der Waals surface area (Å²) in [5, 5.41) is 10.6. The molecule has 3 aromatic carbocycles. The van der Waals surface area contributed by atoms with Gasteiger partial charge in [-0.2, -0.15) is 0 Å². The van der Waals surface area contributed by atoms with Crippen molar-refractivity contribution in [2.75, 3.05) is 0 Å². The minimum Gasteiger partial charge on any atom is -0.507 e. The predicted octanol–water partition coefficient (Wildman–Crippen LogP) is 8.74. The minimum absolute atomic E-state index is 0.229. The van der Waals surface area contributed by atoms with Gasteiger partial charge in [0.15, 0.2) is 0 Å². The number of hydrogen-bond donors (Lipinski definition) is 1. The first-order valence-electron chi connectivity index (χ1n) is 12.7. The topological polar surface area (TPSA) is 45.5 Å². The van der Waals surface area contributed by atoms with Crippen LogP contribution in [0.1, 0.15) is 62.6 Å². The highest BCUT2D eigenvalue weighted by Gasteiger charge is 2.15. The lowest BCUT2D eigenvalue weighted by molar-refractivity contribution is 0.477. The van der Waals surface area contributed by atoms with Crippen molar-refractivity contribution < 1.29 is 5.11 Å². The molecule has 0 fully saturated rings. The molecule has 3 heteroatoms. The fourth-order valence-corrected chi connectivity index (χ4v) is 4.59. The van der Waals surface area contributed by atoms with Crippen LogP contribution in [0, 0.1) is 0 Å². The van der Waals surface area contributed by atoms with E-state index in [1.165, 1.54) is 16.7 Å². The molecule has 0 amide bonds. The van der Waals surface area contributed by atoms with E-state index in [1.807, 2.05) is 24.4 Å². The maximum atomic E-state index is 10.6. The number of benzene rings is 3. The first-order chi connectivity index (χ1) is 17.4. The maximum Gasteiger partial charge on any atom is 0.124 e. The second-order valence-corrected chi connectivity index (χ2v) is 10.1. The van der Waals surface area contributed by atoms with Crippen molar-refractivity contribution in [1.82, 2.24) is 4.98 Å². The van der Waals surface area contributed by atoms with E-state index in [0.717, 1.165) is 45.8 Å². The molecule has 0 bridgehead atoms.